The lowest BCUT2D eigenvalue weighted by atomic mass is 9.78. The largest absolute Gasteiger partial charge is 0.490 e. The van der Waals surface area contributed by atoms with Gasteiger partial charge in [0, 0.05) is 18.6 Å². The lowest BCUT2D eigenvalue weighted by molar-refractivity contribution is -0.146. The second-order valence-corrected chi connectivity index (χ2v) is 10.9. The molecule has 3 aliphatic rings. The number of rotatable bonds is 5. The first-order chi connectivity index (χ1) is 16.7. The van der Waals surface area contributed by atoms with E-state index in [1.807, 2.05) is 6.07 Å². The minimum Gasteiger partial charge on any atom is -0.490 e. The first-order valence-corrected chi connectivity index (χ1v) is 13.0. The van der Waals surface area contributed by atoms with Crippen molar-refractivity contribution >= 4 is 16.7 Å². The lowest BCUT2D eigenvalue weighted by Gasteiger charge is -2.48. The van der Waals surface area contributed by atoms with E-state index in [0.717, 1.165) is 50.5 Å². The summed E-state index contributed by atoms with van der Waals surface area (Å²) in [7, 11) is 0. The van der Waals surface area contributed by atoms with E-state index in [-0.39, 0.29) is 35.2 Å². The molecule has 1 N–H and O–H groups in total. The van der Waals surface area contributed by atoms with Crippen molar-refractivity contribution in [3.05, 3.63) is 41.5 Å². The standard InChI is InChI=1S/C28H34F3NO3/c1-17-8-10-22(11-9-17)35-25-13-12-23-18(4-2-7-24(23)26(25)28(29,30)31)16-32-20-5-3-6-21(32)15-19(14-20)27(33)34/h2,4,7,12-13,17,19-22H,3,5-6,8-11,14-16H2,1H3,(H,33,34)/t17-,19?,20?,21?,22+. The Labute approximate surface area is 204 Å². The topological polar surface area (TPSA) is 49.8 Å². The van der Waals surface area contributed by atoms with Crippen LogP contribution in [0.25, 0.3) is 10.8 Å². The number of piperidine rings is 2. The molecule has 2 atom stereocenters. The van der Waals surface area contributed by atoms with Gasteiger partial charge in [-0.3, -0.25) is 9.69 Å². The number of carboxylic acids is 1. The van der Waals surface area contributed by atoms with E-state index < -0.39 is 17.7 Å². The van der Waals surface area contributed by atoms with Crippen LogP contribution in [0, 0.1) is 11.8 Å². The van der Waals surface area contributed by atoms with Crippen molar-refractivity contribution in [3.63, 3.8) is 0 Å². The van der Waals surface area contributed by atoms with Gasteiger partial charge >= 0.3 is 12.1 Å². The number of aliphatic carboxylic acids is 1. The van der Waals surface area contributed by atoms with Crippen LogP contribution in [0.3, 0.4) is 0 Å². The van der Waals surface area contributed by atoms with Crippen molar-refractivity contribution < 1.29 is 27.8 Å². The molecule has 7 heteroatoms. The Morgan fingerprint density at radius 2 is 1.69 bits per heavy atom. The van der Waals surface area contributed by atoms with Crippen molar-refractivity contribution in [1.82, 2.24) is 4.90 Å². The molecule has 0 radical (unpaired) electrons. The van der Waals surface area contributed by atoms with Crippen LogP contribution in [-0.2, 0) is 17.5 Å². The molecule has 4 nitrogen and oxygen atoms in total. The van der Waals surface area contributed by atoms with Crippen LogP contribution in [0.1, 0.15) is 75.8 Å². The van der Waals surface area contributed by atoms with E-state index in [1.54, 1.807) is 18.2 Å². The average Bonchev–Trinajstić information content (AvgIpc) is 2.79. The third-order valence-electron chi connectivity index (χ3n) is 8.48. The highest BCUT2D eigenvalue weighted by atomic mass is 19.4. The second kappa shape index (κ2) is 9.64. The number of nitrogens with zero attached hydrogens (tertiary/aromatic N) is 1. The SMILES string of the molecule is C[C@H]1CC[C@@H](Oc2ccc3c(CN4C5CCCC4CC(C(=O)O)C5)cccc3c2C(F)(F)F)CC1. The van der Waals surface area contributed by atoms with Gasteiger partial charge in [0.1, 0.15) is 11.3 Å². The summed E-state index contributed by atoms with van der Waals surface area (Å²) in [5.74, 6) is -0.535. The third kappa shape index (κ3) is 5.02. The van der Waals surface area contributed by atoms with Crippen LogP contribution in [0.5, 0.6) is 5.75 Å². The van der Waals surface area contributed by atoms with E-state index in [1.165, 1.54) is 6.07 Å². The fourth-order valence-electron chi connectivity index (χ4n) is 6.59. The summed E-state index contributed by atoms with van der Waals surface area (Å²) in [4.78, 5) is 14.0. The lowest BCUT2D eigenvalue weighted by Crippen LogP contribution is -2.52. The number of hydrogen-bond acceptors (Lipinski definition) is 3. The van der Waals surface area contributed by atoms with Crippen molar-refractivity contribution in [2.24, 2.45) is 11.8 Å². The highest BCUT2D eigenvalue weighted by Gasteiger charge is 2.41. The minimum absolute atomic E-state index is 0.0687. The van der Waals surface area contributed by atoms with E-state index in [9.17, 15) is 23.1 Å². The molecule has 190 valence electrons. The van der Waals surface area contributed by atoms with Crippen LogP contribution in [0.15, 0.2) is 30.3 Å². The molecule has 2 unspecified atom stereocenters. The summed E-state index contributed by atoms with van der Waals surface area (Å²) in [5.41, 5.74) is 0.178. The molecule has 0 spiro atoms. The molecular weight excluding hydrogens is 455 g/mol. The van der Waals surface area contributed by atoms with Gasteiger partial charge in [-0.2, -0.15) is 13.2 Å². The molecule has 2 aliphatic heterocycles. The minimum atomic E-state index is -4.52. The van der Waals surface area contributed by atoms with Crippen LogP contribution < -0.4 is 4.74 Å². The summed E-state index contributed by atoms with van der Waals surface area (Å²) >= 11 is 0. The molecule has 2 aromatic carbocycles. The number of fused-ring (bicyclic) bond motifs is 3. The maximum atomic E-state index is 14.3. The number of carboxylic acid groups (broad SMARTS) is 1. The molecule has 35 heavy (non-hydrogen) atoms. The van der Waals surface area contributed by atoms with Crippen molar-refractivity contribution in [3.8, 4) is 5.75 Å². The number of alkyl halides is 3. The van der Waals surface area contributed by atoms with Gasteiger partial charge in [-0.25, -0.2) is 0 Å². The Bertz CT molecular complexity index is 1060. The predicted octanol–water partition coefficient (Wildman–Crippen LogP) is 7.03. The molecule has 2 aromatic rings. The summed E-state index contributed by atoms with van der Waals surface area (Å²) in [5, 5.41) is 10.3. The van der Waals surface area contributed by atoms with Gasteiger partial charge in [-0.15, -0.1) is 0 Å². The zero-order chi connectivity index (χ0) is 24.7. The second-order valence-electron chi connectivity index (χ2n) is 10.9. The van der Waals surface area contributed by atoms with Gasteiger partial charge in [0.25, 0.3) is 0 Å². The van der Waals surface area contributed by atoms with Gasteiger partial charge in [-0.05, 0) is 79.7 Å². The zero-order valence-corrected chi connectivity index (χ0v) is 20.2. The highest BCUT2D eigenvalue weighted by molar-refractivity contribution is 5.91. The fourth-order valence-corrected chi connectivity index (χ4v) is 6.59. The molecule has 3 fully saturated rings. The van der Waals surface area contributed by atoms with Crippen molar-refractivity contribution in [1.29, 1.82) is 0 Å². The van der Waals surface area contributed by atoms with Crippen LogP contribution >= 0.6 is 0 Å². The van der Waals surface area contributed by atoms with Crippen LogP contribution in [0.2, 0.25) is 0 Å². The highest BCUT2D eigenvalue weighted by Crippen LogP contribution is 2.44. The van der Waals surface area contributed by atoms with Gasteiger partial charge in [-0.1, -0.05) is 37.6 Å². The number of benzene rings is 2. The first-order valence-electron chi connectivity index (χ1n) is 13.0. The molecule has 0 amide bonds. The Morgan fingerprint density at radius 1 is 1.00 bits per heavy atom. The Kier molecular flexibility index (Phi) is 6.73. The van der Waals surface area contributed by atoms with E-state index in [0.29, 0.717) is 30.7 Å². The summed E-state index contributed by atoms with van der Waals surface area (Å²) in [6.45, 7) is 2.71. The monoisotopic (exact) mass is 489 g/mol. The molecule has 2 bridgehead atoms. The predicted molar refractivity (Wildman–Crippen MR) is 128 cm³/mol. The van der Waals surface area contributed by atoms with Crippen molar-refractivity contribution in [2.45, 2.75) is 95.6 Å². The average molecular weight is 490 g/mol. The smallest absolute Gasteiger partial charge is 0.420 e. The summed E-state index contributed by atoms with van der Waals surface area (Å²) in [6, 6.07) is 8.78. The number of ether oxygens (including phenoxy) is 1. The van der Waals surface area contributed by atoms with Gasteiger partial charge in [0.15, 0.2) is 0 Å². The fraction of sp³-hybridized carbons (Fsp3) is 0.607. The number of hydrogen-bond donors (Lipinski definition) is 1. The van der Waals surface area contributed by atoms with E-state index in [2.05, 4.69) is 11.8 Å². The Morgan fingerprint density at radius 3 is 2.31 bits per heavy atom. The molecule has 1 saturated carbocycles. The normalized spacial score (nSPS) is 29.8. The van der Waals surface area contributed by atoms with Crippen LogP contribution in [0.4, 0.5) is 13.2 Å². The number of carbonyl (C=O) groups is 1. The van der Waals surface area contributed by atoms with Gasteiger partial charge in [0.05, 0.1) is 12.0 Å². The molecule has 2 saturated heterocycles. The first kappa shape index (κ1) is 24.4. The van der Waals surface area contributed by atoms with E-state index in [4.69, 9.17) is 4.74 Å². The maximum absolute atomic E-state index is 14.3. The molecule has 2 heterocycles. The zero-order valence-electron chi connectivity index (χ0n) is 20.2. The Hall–Kier alpha value is -2.28. The Balaban J connectivity index is 1.46. The molecule has 1 aliphatic carbocycles. The van der Waals surface area contributed by atoms with Crippen molar-refractivity contribution in [2.75, 3.05) is 0 Å². The quantitative estimate of drug-likeness (QED) is 0.490. The summed E-state index contributed by atoms with van der Waals surface area (Å²) < 4.78 is 49.0. The van der Waals surface area contributed by atoms with Gasteiger partial charge in [0.2, 0.25) is 0 Å². The van der Waals surface area contributed by atoms with Gasteiger partial charge < -0.3 is 9.84 Å². The molecule has 5 rings (SSSR count). The van der Waals surface area contributed by atoms with Crippen LogP contribution in [-0.4, -0.2) is 34.2 Å². The third-order valence-corrected chi connectivity index (χ3v) is 8.48. The number of halogens is 3. The summed E-state index contributed by atoms with van der Waals surface area (Å²) in [6.07, 6.45) is 3.01. The molecular formula is C28H34F3NO3. The van der Waals surface area contributed by atoms with E-state index >= 15 is 0 Å². The molecule has 0 aromatic heterocycles. The maximum Gasteiger partial charge on any atom is 0.420 e.